The van der Waals surface area contributed by atoms with Gasteiger partial charge >= 0.3 is 12.4 Å². The number of aliphatic carboxylic acids is 1. The molecule has 0 atom stereocenters. The molecule has 2 aliphatic rings. The van der Waals surface area contributed by atoms with Crippen LogP contribution in [0, 0.1) is 12.8 Å². The number of nitrogens with one attached hydrogen (secondary N) is 2. The Morgan fingerprint density at radius 2 is 1.59 bits per heavy atom. The van der Waals surface area contributed by atoms with Crippen LogP contribution < -0.4 is 10.4 Å². The van der Waals surface area contributed by atoms with Crippen LogP contribution in [0.1, 0.15) is 45.1 Å². The average Bonchev–Trinajstić information content (AvgIpc) is 3.85. The quantitative estimate of drug-likeness (QED) is 0.220. The maximum atomic E-state index is 14.0. The molecule has 0 saturated carbocycles. The minimum absolute atomic E-state index is 0.0172. The number of quaternary nitrogens is 1. The number of aromatic amines is 1. The number of alkyl halides is 6. The van der Waals surface area contributed by atoms with Crippen molar-refractivity contribution in [3.05, 3.63) is 64.5 Å². The molecule has 0 spiro atoms. The number of anilines is 1. The molecule has 0 bridgehead atoms. The smallest absolute Gasteiger partial charge is 0.435 e. The number of benzene rings is 1. The molecule has 2 saturated heterocycles. The van der Waals surface area contributed by atoms with Crippen LogP contribution >= 0.6 is 11.6 Å². The Hall–Kier alpha value is -5.44. The normalized spacial score (nSPS) is 16.3. The maximum Gasteiger partial charge on any atom is 0.435 e. The van der Waals surface area contributed by atoms with Crippen LogP contribution in [0.5, 0.6) is 0 Å². The predicted molar refractivity (Wildman–Crippen MR) is 185 cm³/mol. The first-order valence-electron chi connectivity index (χ1n) is 17.1. The van der Waals surface area contributed by atoms with Gasteiger partial charge in [-0.2, -0.15) is 36.5 Å². The van der Waals surface area contributed by atoms with Gasteiger partial charge in [-0.25, -0.2) is 9.67 Å². The summed E-state index contributed by atoms with van der Waals surface area (Å²) in [6.45, 7) is 5.27. The van der Waals surface area contributed by atoms with Gasteiger partial charge in [0.2, 0.25) is 5.91 Å². The summed E-state index contributed by atoms with van der Waals surface area (Å²) in [6, 6.07) is 4.45. The molecule has 3 aromatic heterocycles. The van der Waals surface area contributed by atoms with Crippen LogP contribution in [-0.2, 0) is 22.8 Å². The number of piperazine rings is 1. The molecule has 56 heavy (non-hydrogen) atoms. The standard InChI is InChI=1S/C32H36ClF3N10O3.C2HF3O2/c1-19-16-38-40-27(19)45-18-23(26(41-45)32(34,35)36)25-17-37-28(42(25)2)29(47)39-21-5-6-22(24(33)15-21)31(49)44-11-9-43(10-12-44)30(48)20-7-13-46(3,4)14-8-20;3-2(4,5)1(6)7/h5-6,15-18,20H,7-14H2,1-4H3,(H-,38,39,40,47,49);(H,6,7). The van der Waals surface area contributed by atoms with E-state index in [1.54, 1.807) is 11.8 Å². The Kier molecular flexibility index (Phi) is 11.9. The van der Waals surface area contributed by atoms with Gasteiger partial charge in [-0.05, 0) is 25.1 Å². The first-order chi connectivity index (χ1) is 26.1. The zero-order valence-corrected chi connectivity index (χ0v) is 31.2. The second-order valence-corrected chi connectivity index (χ2v) is 14.4. The van der Waals surface area contributed by atoms with Gasteiger partial charge in [0.1, 0.15) is 5.97 Å². The summed E-state index contributed by atoms with van der Waals surface area (Å²) in [5.74, 6) is -3.70. The molecular formula is C34H37ClF6N10O5. The van der Waals surface area contributed by atoms with Gasteiger partial charge in [-0.3, -0.25) is 19.5 Å². The number of nitrogens with zero attached hydrogens (tertiary/aromatic N) is 8. The third kappa shape index (κ3) is 9.32. The summed E-state index contributed by atoms with van der Waals surface area (Å²) >= 11 is 6.50. The Morgan fingerprint density at radius 1 is 0.982 bits per heavy atom. The van der Waals surface area contributed by atoms with Gasteiger partial charge in [-0.15, -0.1) is 0 Å². The molecule has 2 aliphatic heterocycles. The van der Waals surface area contributed by atoms with E-state index in [0.29, 0.717) is 31.7 Å². The van der Waals surface area contributed by atoms with Gasteiger partial charge in [0.25, 0.3) is 11.8 Å². The largest absolute Gasteiger partial charge is 0.542 e. The highest BCUT2D eigenvalue weighted by Gasteiger charge is 2.39. The van der Waals surface area contributed by atoms with E-state index >= 15 is 0 Å². The SMILES string of the molecule is Cc1cn[nH]c1-n1cc(-c2cnc(C(=O)Nc3ccc(C(=O)N4CCN(C(=O)C5CC[N+](C)(C)CC5)CC4)c(Cl)c3)n2C)c(C(F)(F)F)n1.O=C([O-])C(F)(F)F. The molecule has 22 heteroatoms. The highest BCUT2D eigenvalue weighted by molar-refractivity contribution is 6.34. The number of hydrogen-bond acceptors (Lipinski definition) is 8. The molecule has 0 unspecified atom stereocenters. The number of imidazole rings is 1. The number of rotatable bonds is 6. The van der Waals surface area contributed by atoms with Crippen molar-refractivity contribution in [3.8, 4) is 17.1 Å². The topological polar surface area (TPSA) is 174 Å². The first-order valence-corrected chi connectivity index (χ1v) is 17.4. The van der Waals surface area contributed by atoms with Crippen LogP contribution in [0.25, 0.3) is 17.1 Å². The summed E-state index contributed by atoms with van der Waals surface area (Å²) in [6.07, 6.45) is -4.42. The monoisotopic (exact) mass is 814 g/mol. The number of aryl methyl sites for hydroxylation is 1. The van der Waals surface area contributed by atoms with Crippen molar-refractivity contribution in [2.24, 2.45) is 13.0 Å². The molecule has 1 aromatic carbocycles. The lowest BCUT2D eigenvalue weighted by Gasteiger charge is -2.40. The van der Waals surface area contributed by atoms with Crippen molar-refractivity contribution in [3.63, 3.8) is 0 Å². The summed E-state index contributed by atoms with van der Waals surface area (Å²) in [4.78, 5) is 56.0. The second-order valence-electron chi connectivity index (χ2n) is 14.0. The summed E-state index contributed by atoms with van der Waals surface area (Å²) in [5.41, 5.74) is -0.307. The summed E-state index contributed by atoms with van der Waals surface area (Å²) in [5, 5.41) is 21.8. The zero-order chi connectivity index (χ0) is 41.3. The van der Waals surface area contributed by atoms with E-state index in [0.717, 1.165) is 35.1 Å². The highest BCUT2D eigenvalue weighted by atomic mass is 35.5. The number of carboxylic acids is 1. The second kappa shape index (κ2) is 16.0. The number of amides is 3. The molecular weight excluding hydrogens is 778 g/mol. The van der Waals surface area contributed by atoms with E-state index < -0.39 is 29.9 Å². The van der Waals surface area contributed by atoms with E-state index in [2.05, 4.69) is 39.7 Å². The number of H-pyrrole nitrogens is 1. The van der Waals surface area contributed by atoms with E-state index in [1.807, 2.05) is 4.90 Å². The first kappa shape index (κ1) is 41.7. The minimum Gasteiger partial charge on any atom is -0.542 e. The number of aromatic nitrogens is 6. The average molecular weight is 815 g/mol. The minimum atomic E-state index is -5.19. The lowest BCUT2D eigenvalue weighted by Crippen LogP contribution is -2.54. The molecule has 4 aromatic rings. The Balaban J connectivity index is 0.000000784. The highest BCUT2D eigenvalue weighted by Crippen LogP contribution is 2.37. The van der Waals surface area contributed by atoms with Gasteiger partial charge in [-0.1, -0.05) is 11.6 Å². The molecule has 302 valence electrons. The Bertz CT molecular complexity index is 2110. The van der Waals surface area contributed by atoms with Crippen molar-refractivity contribution in [2.75, 3.05) is 58.7 Å². The fraction of sp³-hybridized carbons (Fsp3) is 0.441. The van der Waals surface area contributed by atoms with E-state index in [4.69, 9.17) is 21.5 Å². The van der Waals surface area contributed by atoms with E-state index in [-0.39, 0.29) is 56.9 Å². The third-order valence-electron chi connectivity index (χ3n) is 9.56. The Morgan fingerprint density at radius 3 is 2.12 bits per heavy atom. The van der Waals surface area contributed by atoms with Crippen molar-refractivity contribution < 1.29 is 55.1 Å². The molecule has 3 amide bonds. The van der Waals surface area contributed by atoms with Gasteiger partial charge in [0.15, 0.2) is 17.3 Å². The van der Waals surface area contributed by atoms with E-state index in [1.165, 1.54) is 48.4 Å². The lowest BCUT2D eigenvalue weighted by atomic mass is 9.94. The molecule has 2 fully saturated rings. The fourth-order valence-electron chi connectivity index (χ4n) is 6.35. The van der Waals surface area contributed by atoms with Crippen molar-refractivity contribution in [1.29, 1.82) is 0 Å². The van der Waals surface area contributed by atoms with Gasteiger partial charge in [0.05, 0.1) is 61.4 Å². The number of piperidine rings is 1. The molecule has 5 heterocycles. The van der Waals surface area contributed by atoms with Crippen LogP contribution in [-0.4, -0.2) is 127 Å². The Labute approximate surface area is 320 Å². The summed E-state index contributed by atoms with van der Waals surface area (Å²) in [7, 11) is 5.77. The molecule has 2 N–H and O–H groups in total. The van der Waals surface area contributed by atoms with Crippen LogP contribution in [0.3, 0.4) is 0 Å². The molecule has 15 nitrogen and oxygen atoms in total. The number of halogens is 7. The van der Waals surface area contributed by atoms with Crippen LogP contribution in [0.2, 0.25) is 5.02 Å². The zero-order valence-electron chi connectivity index (χ0n) is 30.5. The number of likely N-dealkylation sites (tertiary alicyclic amines) is 1. The van der Waals surface area contributed by atoms with Crippen LogP contribution in [0.4, 0.5) is 32.0 Å². The molecule has 0 aliphatic carbocycles. The van der Waals surface area contributed by atoms with E-state index in [9.17, 15) is 40.7 Å². The van der Waals surface area contributed by atoms with Crippen molar-refractivity contribution >= 4 is 41.0 Å². The van der Waals surface area contributed by atoms with Gasteiger partial charge in [0, 0.05) is 69.4 Å². The summed E-state index contributed by atoms with van der Waals surface area (Å²) < 4.78 is 76.7. The number of carbonyl (C=O) groups is 4. The van der Waals surface area contributed by atoms with Gasteiger partial charge < -0.3 is 34.1 Å². The lowest BCUT2D eigenvalue weighted by molar-refractivity contribution is -0.895. The maximum absolute atomic E-state index is 14.0. The molecule has 0 radical (unpaired) electrons. The van der Waals surface area contributed by atoms with Crippen molar-refractivity contribution in [2.45, 2.75) is 32.1 Å². The van der Waals surface area contributed by atoms with Crippen molar-refractivity contribution in [1.82, 2.24) is 39.3 Å². The fourth-order valence-corrected chi connectivity index (χ4v) is 6.61. The third-order valence-corrected chi connectivity index (χ3v) is 9.88. The molecule has 6 rings (SSSR count). The number of carbonyl (C=O) groups excluding carboxylic acids is 4. The number of hydrogen-bond donors (Lipinski definition) is 2. The predicted octanol–water partition coefficient (Wildman–Crippen LogP) is 3.30. The number of carboxylic acid groups (broad SMARTS) is 1. The van der Waals surface area contributed by atoms with Crippen LogP contribution in [0.15, 0.2) is 36.8 Å².